The normalized spacial score (nSPS) is 23.9. The van der Waals surface area contributed by atoms with E-state index in [0.717, 1.165) is 0 Å². The molecular weight excluding hydrogens is 204 g/mol. The van der Waals surface area contributed by atoms with E-state index in [-0.39, 0.29) is 17.7 Å². The van der Waals surface area contributed by atoms with Crippen molar-refractivity contribution in [1.29, 1.82) is 0 Å². The second-order valence-corrected chi connectivity index (χ2v) is 4.97. The Morgan fingerprint density at radius 3 is 2.38 bits per heavy atom. The lowest BCUT2D eigenvalue weighted by atomic mass is 10.0. The van der Waals surface area contributed by atoms with E-state index in [2.05, 4.69) is 10.6 Å². The van der Waals surface area contributed by atoms with Crippen molar-refractivity contribution in [2.24, 2.45) is 11.8 Å². The van der Waals surface area contributed by atoms with Gasteiger partial charge in [-0.05, 0) is 18.3 Å². The zero-order chi connectivity index (χ0) is 12.3. The number of allylic oxidation sites excluding steroid dienone is 1. The third kappa shape index (κ3) is 3.36. The van der Waals surface area contributed by atoms with Crippen LogP contribution in [0.2, 0.25) is 0 Å². The van der Waals surface area contributed by atoms with Crippen LogP contribution in [0.1, 0.15) is 34.1 Å². The van der Waals surface area contributed by atoms with Gasteiger partial charge in [0.25, 0.3) is 5.91 Å². The highest BCUT2D eigenvalue weighted by atomic mass is 16.2. The standard InChI is InChI=1S/C12H20N2O2/c1-7(2)5-9-11(15)14-10(6-8(3)4)12(16)13-9/h5,7-8,10H,6H2,1-4H3,(H,13,16)(H,14,15)/b9-5+/t10-/m1/s1. The molecule has 0 saturated carbocycles. The van der Waals surface area contributed by atoms with E-state index in [4.69, 9.17) is 0 Å². The fourth-order valence-electron chi connectivity index (χ4n) is 1.67. The summed E-state index contributed by atoms with van der Waals surface area (Å²) in [7, 11) is 0. The Morgan fingerprint density at radius 1 is 1.25 bits per heavy atom. The van der Waals surface area contributed by atoms with Crippen molar-refractivity contribution in [3.63, 3.8) is 0 Å². The number of hydrogen-bond donors (Lipinski definition) is 2. The van der Waals surface area contributed by atoms with Gasteiger partial charge in [-0.3, -0.25) is 9.59 Å². The van der Waals surface area contributed by atoms with Crippen molar-refractivity contribution < 1.29 is 9.59 Å². The largest absolute Gasteiger partial charge is 0.339 e. The molecule has 90 valence electrons. The molecule has 0 aromatic heterocycles. The maximum Gasteiger partial charge on any atom is 0.268 e. The molecule has 0 aromatic rings. The number of hydrogen-bond acceptors (Lipinski definition) is 2. The van der Waals surface area contributed by atoms with Crippen molar-refractivity contribution in [2.45, 2.75) is 40.2 Å². The summed E-state index contributed by atoms with van der Waals surface area (Å²) in [5.41, 5.74) is 0.375. The van der Waals surface area contributed by atoms with Gasteiger partial charge in [0.15, 0.2) is 0 Å². The van der Waals surface area contributed by atoms with Gasteiger partial charge in [-0.2, -0.15) is 0 Å². The fourth-order valence-corrected chi connectivity index (χ4v) is 1.67. The number of amides is 2. The Labute approximate surface area is 96.5 Å². The SMILES string of the molecule is CC(C)/C=C1/NC(=O)[C@@H](CC(C)C)NC1=O. The molecule has 1 fully saturated rings. The van der Waals surface area contributed by atoms with E-state index >= 15 is 0 Å². The first-order valence-corrected chi connectivity index (χ1v) is 5.73. The van der Waals surface area contributed by atoms with E-state index < -0.39 is 6.04 Å². The zero-order valence-electron chi connectivity index (χ0n) is 10.3. The average molecular weight is 224 g/mol. The van der Waals surface area contributed by atoms with Crippen LogP contribution in [-0.2, 0) is 9.59 Å². The molecule has 0 unspecified atom stereocenters. The number of carbonyl (C=O) groups is 2. The molecule has 2 amide bonds. The van der Waals surface area contributed by atoms with Crippen molar-refractivity contribution in [2.75, 3.05) is 0 Å². The predicted molar refractivity (Wildman–Crippen MR) is 62.4 cm³/mol. The van der Waals surface area contributed by atoms with E-state index in [1.165, 1.54) is 0 Å². The second-order valence-electron chi connectivity index (χ2n) is 4.97. The van der Waals surface area contributed by atoms with Crippen LogP contribution in [0.4, 0.5) is 0 Å². The summed E-state index contributed by atoms with van der Waals surface area (Å²) in [5, 5.41) is 5.40. The van der Waals surface area contributed by atoms with Gasteiger partial charge in [0, 0.05) is 0 Å². The highest BCUT2D eigenvalue weighted by Crippen LogP contribution is 2.11. The number of piperazine rings is 1. The number of rotatable bonds is 3. The van der Waals surface area contributed by atoms with Gasteiger partial charge in [-0.15, -0.1) is 0 Å². The molecule has 4 heteroatoms. The smallest absolute Gasteiger partial charge is 0.268 e. The van der Waals surface area contributed by atoms with E-state index in [1.54, 1.807) is 6.08 Å². The molecule has 1 heterocycles. The topological polar surface area (TPSA) is 58.2 Å². The minimum Gasteiger partial charge on any atom is -0.339 e. The number of carbonyl (C=O) groups excluding carboxylic acids is 2. The molecule has 0 bridgehead atoms. The van der Waals surface area contributed by atoms with Gasteiger partial charge in [0.2, 0.25) is 5.91 Å². The molecule has 4 nitrogen and oxygen atoms in total. The molecule has 1 atom stereocenters. The van der Waals surface area contributed by atoms with Gasteiger partial charge in [0.1, 0.15) is 11.7 Å². The van der Waals surface area contributed by atoms with E-state index in [9.17, 15) is 9.59 Å². The molecular formula is C12H20N2O2. The van der Waals surface area contributed by atoms with Crippen LogP contribution in [0.25, 0.3) is 0 Å². The van der Waals surface area contributed by atoms with Gasteiger partial charge in [-0.1, -0.05) is 33.8 Å². The lowest BCUT2D eigenvalue weighted by Crippen LogP contribution is -2.55. The lowest BCUT2D eigenvalue weighted by molar-refractivity contribution is -0.131. The summed E-state index contributed by atoms with van der Waals surface area (Å²) >= 11 is 0. The van der Waals surface area contributed by atoms with Crippen molar-refractivity contribution in [3.8, 4) is 0 Å². The first-order valence-electron chi connectivity index (χ1n) is 5.73. The first-order chi connectivity index (χ1) is 7.40. The van der Waals surface area contributed by atoms with Crippen LogP contribution in [0, 0.1) is 11.8 Å². The summed E-state index contributed by atoms with van der Waals surface area (Å²) in [6.07, 6.45) is 2.44. The van der Waals surface area contributed by atoms with Crippen LogP contribution in [0.5, 0.6) is 0 Å². The van der Waals surface area contributed by atoms with Crippen molar-refractivity contribution >= 4 is 11.8 Å². The Balaban J connectivity index is 2.71. The van der Waals surface area contributed by atoms with Crippen molar-refractivity contribution in [3.05, 3.63) is 11.8 Å². The van der Waals surface area contributed by atoms with Crippen LogP contribution >= 0.6 is 0 Å². The van der Waals surface area contributed by atoms with E-state index in [1.807, 2.05) is 27.7 Å². The maximum absolute atomic E-state index is 11.7. The van der Waals surface area contributed by atoms with Gasteiger partial charge in [-0.25, -0.2) is 0 Å². The van der Waals surface area contributed by atoms with Gasteiger partial charge >= 0.3 is 0 Å². The van der Waals surface area contributed by atoms with E-state index in [0.29, 0.717) is 18.0 Å². The molecule has 1 aliphatic rings. The first kappa shape index (κ1) is 12.7. The fraction of sp³-hybridized carbons (Fsp3) is 0.667. The Kier molecular flexibility index (Phi) is 4.10. The molecule has 2 N–H and O–H groups in total. The number of nitrogens with one attached hydrogen (secondary N) is 2. The molecule has 1 aliphatic heterocycles. The highest BCUT2D eigenvalue weighted by molar-refractivity contribution is 6.04. The van der Waals surface area contributed by atoms with Crippen LogP contribution < -0.4 is 10.6 Å². The zero-order valence-corrected chi connectivity index (χ0v) is 10.3. The molecule has 1 saturated heterocycles. The average Bonchev–Trinajstić information content (AvgIpc) is 2.11. The summed E-state index contributed by atoms with van der Waals surface area (Å²) < 4.78 is 0. The predicted octanol–water partition coefficient (Wildman–Crippen LogP) is 1.19. The third-order valence-corrected chi connectivity index (χ3v) is 2.33. The third-order valence-electron chi connectivity index (χ3n) is 2.33. The lowest BCUT2D eigenvalue weighted by Gasteiger charge is -2.26. The molecule has 0 spiro atoms. The maximum atomic E-state index is 11.7. The van der Waals surface area contributed by atoms with Crippen LogP contribution in [-0.4, -0.2) is 17.9 Å². The Bertz CT molecular complexity index is 319. The molecule has 16 heavy (non-hydrogen) atoms. The molecule has 0 aromatic carbocycles. The Morgan fingerprint density at radius 2 is 1.88 bits per heavy atom. The monoisotopic (exact) mass is 224 g/mol. The highest BCUT2D eigenvalue weighted by Gasteiger charge is 2.29. The minimum atomic E-state index is -0.392. The molecule has 0 radical (unpaired) electrons. The van der Waals surface area contributed by atoms with Crippen LogP contribution in [0.3, 0.4) is 0 Å². The van der Waals surface area contributed by atoms with Crippen LogP contribution in [0.15, 0.2) is 11.8 Å². The van der Waals surface area contributed by atoms with Crippen molar-refractivity contribution in [1.82, 2.24) is 10.6 Å². The summed E-state index contributed by atoms with van der Waals surface area (Å²) in [5.74, 6) is 0.327. The summed E-state index contributed by atoms with van der Waals surface area (Å²) in [6.45, 7) is 7.98. The van der Waals surface area contributed by atoms with Gasteiger partial charge in [0.05, 0.1) is 0 Å². The Hall–Kier alpha value is -1.32. The minimum absolute atomic E-state index is 0.111. The van der Waals surface area contributed by atoms with Gasteiger partial charge < -0.3 is 10.6 Å². The summed E-state index contributed by atoms with van der Waals surface area (Å²) in [4.78, 5) is 23.4. The molecule has 0 aliphatic carbocycles. The molecule has 1 rings (SSSR count). The quantitative estimate of drug-likeness (QED) is 0.707. The second kappa shape index (κ2) is 5.14. The summed E-state index contributed by atoms with van der Waals surface area (Å²) in [6, 6.07) is -0.392.